The molecule has 2 heterocycles. The zero-order chi connectivity index (χ0) is 23.8. The van der Waals surface area contributed by atoms with Gasteiger partial charge in [0.2, 0.25) is 11.8 Å². The van der Waals surface area contributed by atoms with Crippen molar-refractivity contribution in [2.24, 2.45) is 5.92 Å². The number of likely N-dealkylation sites (tertiary alicyclic amines) is 1. The number of amides is 2. The Labute approximate surface area is 191 Å². The van der Waals surface area contributed by atoms with Crippen molar-refractivity contribution in [1.82, 2.24) is 14.5 Å². The van der Waals surface area contributed by atoms with Crippen LogP contribution in [0, 0.1) is 5.92 Å². The predicted octanol–water partition coefficient (Wildman–Crippen LogP) is 1.38. The molecule has 1 fully saturated rings. The first kappa shape index (κ1) is 24.2. The second kappa shape index (κ2) is 11.5. The van der Waals surface area contributed by atoms with Crippen molar-refractivity contribution in [2.75, 3.05) is 37.4 Å². The number of methoxy groups -OCH3 is 1. The third-order valence-corrected chi connectivity index (χ3v) is 5.72. The number of aromatic amines is 1. The lowest BCUT2D eigenvalue weighted by molar-refractivity contribution is -0.134. The fourth-order valence-electron chi connectivity index (χ4n) is 3.91. The van der Waals surface area contributed by atoms with Gasteiger partial charge in [-0.3, -0.25) is 23.9 Å². The fraction of sp³-hybridized carbons (Fsp3) is 0.478. The van der Waals surface area contributed by atoms with Crippen molar-refractivity contribution >= 4 is 23.3 Å². The van der Waals surface area contributed by atoms with Gasteiger partial charge in [0.05, 0.1) is 19.1 Å². The molecule has 0 bridgehead atoms. The van der Waals surface area contributed by atoms with Gasteiger partial charge < -0.3 is 20.3 Å². The second-order valence-corrected chi connectivity index (χ2v) is 7.99. The molecule has 0 saturated carbocycles. The minimum atomic E-state index is -0.635. The smallest absolute Gasteiger partial charge is 0.330 e. The Bertz CT molecular complexity index is 1080. The number of anilines is 2. The monoisotopic (exact) mass is 457 g/mol. The maximum absolute atomic E-state index is 13.2. The average Bonchev–Trinajstić information content (AvgIpc) is 2.83. The number of hydrogen-bond donors (Lipinski definition) is 3. The Kier molecular flexibility index (Phi) is 8.42. The molecule has 1 saturated heterocycles. The van der Waals surface area contributed by atoms with Gasteiger partial charge in [0.15, 0.2) is 0 Å². The summed E-state index contributed by atoms with van der Waals surface area (Å²) in [5.41, 5.74) is -0.222. The number of carbonyl (C=O) groups is 2. The number of piperidine rings is 1. The van der Waals surface area contributed by atoms with Crippen molar-refractivity contribution < 1.29 is 14.3 Å². The molecular weight excluding hydrogens is 426 g/mol. The molecule has 1 aliphatic rings. The number of nitrogens with one attached hydrogen (secondary N) is 3. The van der Waals surface area contributed by atoms with Gasteiger partial charge in [-0.2, -0.15) is 0 Å². The van der Waals surface area contributed by atoms with Gasteiger partial charge in [0.25, 0.3) is 5.56 Å². The Morgan fingerprint density at radius 3 is 2.67 bits per heavy atom. The van der Waals surface area contributed by atoms with Crippen LogP contribution in [0.1, 0.15) is 31.7 Å². The first-order valence-electron chi connectivity index (χ1n) is 11.2. The van der Waals surface area contributed by atoms with Crippen molar-refractivity contribution in [3.63, 3.8) is 0 Å². The van der Waals surface area contributed by atoms with E-state index in [1.165, 1.54) is 11.7 Å². The summed E-state index contributed by atoms with van der Waals surface area (Å²) < 4.78 is 6.39. The van der Waals surface area contributed by atoms with Crippen LogP contribution in [0.25, 0.3) is 0 Å². The summed E-state index contributed by atoms with van der Waals surface area (Å²) in [6.45, 7) is 3.43. The van der Waals surface area contributed by atoms with Gasteiger partial charge in [-0.1, -0.05) is 37.3 Å². The van der Waals surface area contributed by atoms with E-state index in [4.69, 9.17) is 4.74 Å². The Morgan fingerprint density at radius 1 is 1.21 bits per heavy atom. The fourth-order valence-corrected chi connectivity index (χ4v) is 3.91. The third kappa shape index (κ3) is 6.10. The predicted molar refractivity (Wildman–Crippen MR) is 125 cm³/mol. The summed E-state index contributed by atoms with van der Waals surface area (Å²) in [4.78, 5) is 54.5. The van der Waals surface area contributed by atoms with Gasteiger partial charge in [-0.25, -0.2) is 4.79 Å². The molecule has 0 aliphatic carbocycles. The number of benzene rings is 1. The molecule has 3 rings (SSSR count). The van der Waals surface area contributed by atoms with Crippen LogP contribution in [-0.2, 0) is 27.4 Å². The summed E-state index contributed by atoms with van der Waals surface area (Å²) in [5, 5.41) is 5.86. The zero-order valence-electron chi connectivity index (χ0n) is 19.1. The number of hydrogen-bond acceptors (Lipinski definition) is 6. The minimum absolute atomic E-state index is 0.00544. The lowest BCUT2D eigenvalue weighted by atomic mass is 9.97. The zero-order valence-corrected chi connectivity index (χ0v) is 19.1. The Balaban J connectivity index is 1.90. The second-order valence-electron chi connectivity index (χ2n) is 7.99. The summed E-state index contributed by atoms with van der Waals surface area (Å²) in [6.07, 6.45) is 1.72. The van der Waals surface area contributed by atoms with E-state index in [0.717, 1.165) is 12.0 Å². The molecule has 10 heteroatoms. The molecule has 3 N–H and O–H groups in total. The minimum Gasteiger partial charge on any atom is -0.383 e. The molecule has 0 spiro atoms. The molecule has 33 heavy (non-hydrogen) atoms. The van der Waals surface area contributed by atoms with Gasteiger partial charge in [-0.05, 0) is 18.4 Å². The highest BCUT2D eigenvalue weighted by atomic mass is 16.5. The highest BCUT2D eigenvalue weighted by Gasteiger charge is 2.29. The quantitative estimate of drug-likeness (QED) is 0.522. The number of ether oxygens (including phenoxy) is 1. The van der Waals surface area contributed by atoms with Crippen LogP contribution in [0.4, 0.5) is 11.5 Å². The van der Waals surface area contributed by atoms with E-state index in [1.54, 1.807) is 11.8 Å². The van der Waals surface area contributed by atoms with Crippen LogP contribution >= 0.6 is 0 Å². The van der Waals surface area contributed by atoms with Crippen LogP contribution in [-0.4, -0.2) is 53.1 Å². The summed E-state index contributed by atoms with van der Waals surface area (Å²) >= 11 is 0. The van der Waals surface area contributed by atoms with Gasteiger partial charge in [0.1, 0.15) is 11.5 Å². The van der Waals surface area contributed by atoms with Gasteiger partial charge in [-0.15, -0.1) is 0 Å². The van der Waals surface area contributed by atoms with Crippen LogP contribution in [0.2, 0.25) is 0 Å². The van der Waals surface area contributed by atoms with E-state index in [1.807, 2.05) is 30.3 Å². The maximum Gasteiger partial charge on any atom is 0.330 e. The third-order valence-electron chi connectivity index (χ3n) is 5.72. The van der Waals surface area contributed by atoms with Gasteiger partial charge in [0, 0.05) is 33.2 Å². The number of aromatic nitrogens is 2. The number of carbonyl (C=O) groups excluding carboxylic acids is 2. The van der Waals surface area contributed by atoms with Crippen LogP contribution in [0.5, 0.6) is 0 Å². The topological polar surface area (TPSA) is 126 Å². The molecule has 1 unspecified atom stereocenters. The van der Waals surface area contributed by atoms with E-state index >= 15 is 0 Å². The molecule has 1 aromatic carbocycles. The molecule has 1 atom stereocenters. The van der Waals surface area contributed by atoms with E-state index in [9.17, 15) is 19.2 Å². The molecule has 1 aromatic heterocycles. The molecule has 178 valence electrons. The highest BCUT2D eigenvalue weighted by Crippen LogP contribution is 2.22. The van der Waals surface area contributed by atoms with Crippen LogP contribution in [0.15, 0.2) is 39.9 Å². The first-order chi connectivity index (χ1) is 15.9. The van der Waals surface area contributed by atoms with Crippen LogP contribution in [0.3, 0.4) is 0 Å². The summed E-state index contributed by atoms with van der Waals surface area (Å²) in [7, 11) is 1.50. The standard InChI is InChI=1S/C23H31N5O5/c1-3-18(29)27-11-7-10-17(15-27)21(30)25-20-19(24-14-16-8-5-4-6-9-16)22(31)26-23(32)28(20)12-13-33-2/h4-6,8-9,17,24H,3,7,10-15H2,1-2H3,(H,25,30)(H,26,31,32). The molecule has 2 amide bonds. The molecule has 0 radical (unpaired) electrons. The Morgan fingerprint density at radius 2 is 1.97 bits per heavy atom. The van der Waals surface area contributed by atoms with Crippen molar-refractivity contribution in [3.8, 4) is 0 Å². The van der Waals surface area contributed by atoms with E-state index in [0.29, 0.717) is 32.5 Å². The van der Waals surface area contributed by atoms with Crippen molar-refractivity contribution in [2.45, 2.75) is 39.3 Å². The molecular formula is C23H31N5O5. The molecule has 1 aliphatic heterocycles. The maximum atomic E-state index is 13.2. The SMILES string of the molecule is CCC(=O)N1CCCC(C(=O)Nc2c(NCc3ccccc3)c(=O)[nH]c(=O)n2CCOC)C1. The lowest BCUT2D eigenvalue weighted by Gasteiger charge is -2.32. The average molecular weight is 458 g/mol. The van der Waals surface area contributed by atoms with Crippen molar-refractivity contribution in [1.29, 1.82) is 0 Å². The van der Waals surface area contributed by atoms with Crippen LogP contribution < -0.4 is 21.9 Å². The van der Waals surface area contributed by atoms with E-state index in [2.05, 4.69) is 15.6 Å². The lowest BCUT2D eigenvalue weighted by Crippen LogP contribution is -2.44. The largest absolute Gasteiger partial charge is 0.383 e. The first-order valence-corrected chi connectivity index (χ1v) is 11.2. The highest BCUT2D eigenvalue weighted by molar-refractivity contribution is 5.95. The molecule has 2 aromatic rings. The van der Waals surface area contributed by atoms with E-state index < -0.39 is 17.2 Å². The number of H-pyrrole nitrogens is 1. The normalized spacial score (nSPS) is 15.8. The van der Waals surface area contributed by atoms with Crippen molar-refractivity contribution in [3.05, 3.63) is 56.7 Å². The number of rotatable bonds is 9. The van der Waals surface area contributed by atoms with Gasteiger partial charge >= 0.3 is 5.69 Å². The van der Waals surface area contributed by atoms with E-state index in [-0.39, 0.29) is 36.5 Å². The molecule has 10 nitrogen and oxygen atoms in total. The number of nitrogens with zero attached hydrogens (tertiary/aromatic N) is 2. The summed E-state index contributed by atoms with van der Waals surface area (Å²) in [5.74, 6) is -0.657. The Hall–Kier alpha value is -3.40. The summed E-state index contributed by atoms with van der Waals surface area (Å²) in [6, 6.07) is 9.47.